The normalized spacial score (nSPS) is 26.1. The molecule has 2 atom stereocenters. The predicted molar refractivity (Wildman–Crippen MR) is 75.7 cm³/mol. The van der Waals surface area contributed by atoms with Crippen molar-refractivity contribution in [3.05, 3.63) is 27.8 Å². The molecule has 1 aliphatic carbocycles. The number of halogens is 1. The van der Waals surface area contributed by atoms with Gasteiger partial charge in [0.2, 0.25) is 0 Å². The third-order valence-corrected chi connectivity index (χ3v) is 3.83. The van der Waals surface area contributed by atoms with Crippen molar-refractivity contribution < 1.29 is 5.11 Å². The minimum absolute atomic E-state index is 0.194. The van der Waals surface area contributed by atoms with Gasteiger partial charge in [-0.25, -0.2) is 0 Å². The number of aliphatic hydroxyl groups is 1. The molecular formula is C13H18INO. The van der Waals surface area contributed by atoms with E-state index in [4.69, 9.17) is 0 Å². The Morgan fingerprint density at radius 2 is 2.00 bits per heavy atom. The molecule has 0 bridgehead atoms. The molecule has 1 fully saturated rings. The molecule has 2 nitrogen and oxygen atoms in total. The summed E-state index contributed by atoms with van der Waals surface area (Å²) >= 11 is 2.31. The molecule has 1 aromatic rings. The van der Waals surface area contributed by atoms with Crippen LogP contribution in [-0.4, -0.2) is 17.3 Å². The third-order valence-electron chi connectivity index (χ3n) is 3.16. The number of hydrogen-bond donors (Lipinski definition) is 2. The molecule has 2 unspecified atom stereocenters. The first-order valence-electron chi connectivity index (χ1n) is 5.96. The van der Waals surface area contributed by atoms with Crippen LogP contribution in [0.25, 0.3) is 0 Å². The van der Waals surface area contributed by atoms with E-state index >= 15 is 0 Å². The fourth-order valence-corrected chi connectivity index (χ4v) is 2.79. The lowest BCUT2D eigenvalue weighted by atomic mass is 10.1. The summed E-state index contributed by atoms with van der Waals surface area (Å²) in [6, 6.07) is 8.54. The molecule has 1 aromatic carbocycles. The zero-order valence-corrected chi connectivity index (χ0v) is 11.5. The average molecular weight is 331 g/mol. The summed E-state index contributed by atoms with van der Waals surface area (Å²) in [5.74, 6) is 0. The number of rotatable bonds is 2. The van der Waals surface area contributed by atoms with Crippen molar-refractivity contribution >= 4 is 28.3 Å². The van der Waals surface area contributed by atoms with Crippen molar-refractivity contribution in [1.29, 1.82) is 0 Å². The van der Waals surface area contributed by atoms with E-state index in [1.807, 2.05) is 6.07 Å². The van der Waals surface area contributed by atoms with Gasteiger partial charge in [0, 0.05) is 9.26 Å². The van der Waals surface area contributed by atoms with Crippen molar-refractivity contribution in [3.8, 4) is 0 Å². The lowest BCUT2D eigenvalue weighted by Gasteiger charge is -2.23. The lowest BCUT2D eigenvalue weighted by Crippen LogP contribution is -2.32. The van der Waals surface area contributed by atoms with E-state index in [0.29, 0.717) is 0 Å². The van der Waals surface area contributed by atoms with Crippen LogP contribution in [0.2, 0.25) is 0 Å². The van der Waals surface area contributed by atoms with Gasteiger partial charge in [0.15, 0.2) is 0 Å². The van der Waals surface area contributed by atoms with Crippen molar-refractivity contribution in [2.75, 3.05) is 5.32 Å². The SMILES string of the molecule is OC1CCCCCC1Nc1cccc(I)c1. The molecule has 1 saturated carbocycles. The lowest BCUT2D eigenvalue weighted by molar-refractivity contribution is 0.144. The van der Waals surface area contributed by atoms with Gasteiger partial charge in [0.1, 0.15) is 0 Å². The van der Waals surface area contributed by atoms with E-state index in [0.717, 1.165) is 24.9 Å². The molecule has 2 N–H and O–H groups in total. The zero-order chi connectivity index (χ0) is 11.4. The van der Waals surface area contributed by atoms with Crippen molar-refractivity contribution in [1.82, 2.24) is 0 Å². The highest BCUT2D eigenvalue weighted by Gasteiger charge is 2.21. The Morgan fingerprint density at radius 1 is 1.19 bits per heavy atom. The molecule has 3 heteroatoms. The van der Waals surface area contributed by atoms with Crippen LogP contribution in [0.4, 0.5) is 5.69 Å². The van der Waals surface area contributed by atoms with Crippen molar-refractivity contribution in [3.63, 3.8) is 0 Å². The number of anilines is 1. The van der Waals surface area contributed by atoms with Gasteiger partial charge in [-0.1, -0.05) is 25.3 Å². The molecule has 16 heavy (non-hydrogen) atoms. The van der Waals surface area contributed by atoms with Gasteiger partial charge in [0.05, 0.1) is 12.1 Å². The van der Waals surface area contributed by atoms with Gasteiger partial charge in [-0.2, -0.15) is 0 Å². The predicted octanol–water partition coefficient (Wildman–Crippen LogP) is 3.40. The van der Waals surface area contributed by atoms with Crippen molar-refractivity contribution in [2.24, 2.45) is 0 Å². The van der Waals surface area contributed by atoms with Gasteiger partial charge < -0.3 is 10.4 Å². The van der Waals surface area contributed by atoms with Crippen LogP contribution in [0.5, 0.6) is 0 Å². The molecule has 0 aromatic heterocycles. The van der Waals surface area contributed by atoms with Gasteiger partial charge in [-0.15, -0.1) is 0 Å². The highest BCUT2D eigenvalue weighted by molar-refractivity contribution is 14.1. The maximum absolute atomic E-state index is 10.0. The van der Waals surface area contributed by atoms with Crippen LogP contribution in [0.1, 0.15) is 32.1 Å². The molecule has 0 heterocycles. The Kier molecular flexibility index (Phi) is 4.46. The van der Waals surface area contributed by atoms with Crippen molar-refractivity contribution in [2.45, 2.75) is 44.2 Å². The Bertz CT molecular complexity index is 342. The zero-order valence-electron chi connectivity index (χ0n) is 9.32. The molecule has 0 aliphatic heterocycles. The Hall–Kier alpha value is -0.290. The quantitative estimate of drug-likeness (QED) is 0.643. The molecule has 88 valence electrons. The molecule has 0 spiro atoms. The smallest absolute Gasteiger partial charge is 0.0741 e. The maximum atomic E-state index is 10.0. The van der Waals surface area contributed by atoms with E-state index in [1.54, 1.807) is 0 Å². The minimum Gasteiger partial charge on any atom is -0.391 e. The summed E-state index contributed by atoms with van der Waals surface area (Å²) in [6.07, 6.45) is 5.44. The van der Waals surface area contributed by atoms with Crippen LogP contribution < -0.4 is 5.32 Å². The Labute approximate surface area is 111 Å². The Morgan fingerprint density at radius 3 is 2.81 bits per heavy atom. The average Bonchev–Trinajstić information content (AvgIpc) is 2.45. The first-order chi connectivity index (χ1) is 7.75. The minimum atomic E-state index is -0.194. The molecule has 1 aliphatic rings. The van der Waals surface area contributed by atoms with E-state index < -0.39 is 0 Å². The number of benzene rings is 1. The van der Waals surface area contributed by atoms with Gasteiger partial charge in [-0.05, 0) is 53.6 Å². The van der Waals surface area contributed by atoms with Gasteiger partial charge >= 0.3 is 0 Å². The summed E-state index contributed by atoms with van der Waals surface area (Å²) in [5.41, 5.74) is 1.12. The summed E-state index contributed by atoms with van der Waals surface area (Å²) in [4.78, 5) is 0. The van der Waals surface area contributed by atoms with Gasteiger partial charge in [0.25, 0.3) is 0 Å². The highest BCUT2D eigenvalue weighted by Crippen LogP contribution is 2.22. The molecular weight excluding hydrogens is 313 g/mol. The summed E-state index contributed by atoms with van der Waals surface area (Å²) in [7, 11) is 0. The summed E-state index contributed by atoms with van der Waals surface area (Å²) in [5, 5.41) is 13.5. The van der Waals surface area contributed by atoms with E-state index in [9.17, 15) is 5.11 Å². The van der Waals surface area contributed by atoms with Crippen LogP contribution >= 0.6 is 22.6 Å². The fraction of sp³-hybridized carbons (Fsp3) is 0.538. The monoisotopic (exact) mass is 331 g/mol. The van der Waals surface area contributed by atoms with Crippen LogP contribution in [0, 0.1) is 3.57 Å². The number of aliphatic hydroxyl groups excluding tert-OH is 1. The van der Waals surface area contributed by atoms with E-state index in [-0.39, 0.29) is 12.1 Å². The first kappa shape index (κ1) is 12.2. The second-order valence-electron chi connectivity index (χ2n) is 4.47. The molecule has 0 radical (unpaired) electrons. The standard InChI is InChI=1S/C13H18INO/c14-10-5-4-6-11(9-10)15-12-7-2-1-3-8-13(12)16/h4-6,9,12-13,15-16H,1-3,7-8H2. The Balaban J connectivity index is 2.02. The van der Waals surface area contributed by atoms with Gasteiger partial charge in [-0.3, -0.25) is 0 Å². The topological polar surface area (TPSA) is 32.3 Å². The molecule has 0 amide bonds. The van der Waals surface area contributed by atoms with Crippen LogP contribution in [0.15, 0.2) is 24.3 Å². The maximum Gasteiger partial charge on any atom is 0.0741 e. The molecule has 0 saturated heterocycles. The fourth-order valence-electron chi connectivity index (χ4n) is 2.25. The number of hydrogen-bond acceptors (Lipinski definition) is 2. The molecule has 2 rings (SSSR count). The second kappa shape index (κ2) is 5.87. The van der Waals surface area contributed by atoms with E-state index in [1.165, 1.54) is 16.4 Å². The largest absolute Gasteiger partial charge is 0.391 e. The number of nitrogens with one attached hydrogen (secondary N) is 1. The summed E-state index contributed by atoms with van der Waals surface area (Å²) < 4.78 is 1.23. The highest BCUT2D eigenvalue weighted by atomic mass is 127. The third kappa shape index (κ3) is 3.35. The summed E-state index contributed by atoms with van der Waals surface area (Å²) in [6.45, 7) is 0. The van der Waals surface area contributed by atoms with E-state index in [2.05, 4.69) is 46.1 Å². The second-order valence-corrected chi connectivity index (χ2v) is 5.71. The first-order valence-corrected chi connectivity index (χ1v) is 7.04. The van der Waals surface area contributed by atoms with Crippen LogP contribution in [-0.2, 0) is 0 Å². The van der Waals surface area contributed by atoms with Crippen LogP contribution in [0.3, 0.4) is 0 Å².